The van der Waals surface area contributed by atoms with Crippen LogP contribution in [0.2, 0.25) is 0 Å². The van der Waals surface area contributed by atoms with E-state index < -0.39 is 11.8 Å². The van der Waals surface area contributed by atoms with E-state index in [-0.39, 0.29) is 19.0 Å². The molecule has 0 bridgehead atoms. The third-order valence-corrected chi connectivity index (χ3v) is 4.11. The van der Waals surface area contributed by atoms with Gasteiger partial charge in [-0.1, -0.05) is 0 Å². The van der Waals surface area contributed by atoms with Crippen molar-refractivity contribution in [1.29, 1.82) is 0 Å². The summed E-state index contributed by atoms with van der Waals surface area (Å²) in [7, 11) is 0. The highest BCUT2D eigenvalue weighted by Gasteiger charge is 2.13. The van der Waals surface area contributed by atoms with E-state index in [4.69, 9.17) is 14.2 Å². The van der Waals surface area contributed by atoms with Crippen molar-refractivity contribution >= 4 is 23.4 Å². The molecule has 0 spiro atoms. The highest BCUT2D eigenvalue weighted by Crippen LogP contribution is 2.28. The maximum Gasteiger partial charge on any atom is 0.251 e. The molecule has 172 valence electrons. The van der Waals surface area contributed by atoms with Crippen LogP contribution in [-0.2, 0) is 9.59 Å². The van der Waals surface area contributed by atoms with Gasteiger partial charge in [-0.3, -0.25) is 14.4 Å². The van der Waals surface area contributed by atoms with E-state index >= 15 is 0 Å². The molecule has 0 saturated heterocycles. The molecule has 9 nitrogen and oxygen atoms in total. The van der Waals surface area contributed by atoms with Gasteiger partial charge in [0, 0.05) is 11.3 Å². The molecule has 3 amide bonds. The number of carbonyl (C=O) groups excluding carboxylic acids is 3. The van der Waals surface area contributed by atoms with E-state index in [9.17, 15) is 14.4 Å². The third kappa shape index (κ3) is 7.82. The van der Waals surface area contributed by atoms with Crippen LogP contribution in [0, 0.1) is 0 Å². The molecule has 0 fully saturated rings. The molecule has 0 aliphatic rings. The Kier molecular flexibility index (Phi) is 9.83. The van der Waals surface area contributed by atoms with Crippen LogP contribution in [0.25, 0.3) is 0 Å². The Balaban J connectivity index is 1.79. The summed E-state index contributed by atoms with van der Waals surface area (Å²) in [5.74, 6) is 0.385. The molecular weight excluding hydrogens is 414 g/mol. The molecule has 0 atom stereocenters. The minimum atomic E-state index is -0.490. The topological polar surface area (TPSA) is 115 Å². The Morgan fingerprint density at radius 3 is 2.00 bits per heavy atom. The monoisotopic (exact) mass is 443 g/mol. The molecule has 0 saturated carbocycles. The van der Waals surface area contributed by atoms with Crippen molar-refractivity contribution in [3.8, 4) is 17.2 Å². The molecule has 0 heterocycles. The minimum Gasteiger partial charge on any atom is -0.494 e. The molecular formula is C23H29N3O6. The first kappa shape index (κ1) is 24.5. The maximum absolute atomic E-state index is 12.4. The van der Waals surface area contributed by atoms with Crippen LogP contribution in [0.1, 0.15) is 31.1 Å². The number of hydrogen-bond donors (Lipinski definition) is 3. The smallest absolute Gasteiger partial charge is 0.251 e. The van der Waals surface area contributed by atoms with Crippen LogP contribution in [-0.4, -0.2) is 50.6 Å². The van der Waals surface area contributed by atoms with Gasteiger partial charge in [0.15, 0.2) is 11.5 Å². The summed E-state index contributed by atoms with van der Waals surface area (Å²) >= 11 is 0. The number of hydrogen-bond acceptors (Lipinski definition) is 6. The van der Waals surface area contributed by atoms with Crippen molar-refractivity contribution in [3.63, 3.8) is 0 Å². The molecule has 3 N–H and O–H groups in total. The van der Waals surface area contributed by atoms with Crippen molar-refractivity contribution in [2.24, 2.45) is 0 Å². The number of nitrogens with one attached hydrogen (secondary N) is 3. The standard InChI is InChI=1S/C23H29N3O6/c1-4-30-18-10-8-17(9-11-18)26-22(28)15-24-21(27)14-25-23(29)16-7-12-19(31-5-2)20(13-16)32-6-3/h7-13H,4-6,14-15H2,1-3H3,(H,24,27)(H,25,29)(H,26,28). The summed E-state index contributed by atoms with van der Waals surface area (Å²) in [6.45, 7) is 6.53. The Morgan fingerprint density at radius 2 is 1.34 bits per heavy atom. The molecule has 0 aliphatic carbocycles. The Morgan fingerprint density at radius 1 is 0.719 bits per heavy atom. The van der Waals surface area contributed by atoms with Gasteiger partial charge in [0.05, 0.1) is 32.9 Å². The van der Waals surface area contributed by atoms with E-state index in [1.807, 2.05) is 20.8 Å². The quantitative estimate of drug-likeness (QED) is 0.464. The average Bonchev–Trinajstić information content (AvgIpc) is 2.79. The van der Waals surface area contributed by atoms with Gasteiger partial charge in [-0.15, -0.1) is 0 Å². The van der Waals surface area contributed by atoms with Crippen LogP contribution in [0.4, 0.5) is 5.69 Å². The van der Waals surface area contributed by atoms with Crippen LogP contribution in [0.15, 0.2) is 42.5 Å². The fraction of sp³-hybridized carbons (Fsp3) is 0.348. The number of amides is 3. The Labute approximate surface area is 187 Å². The number of ether oxygens (including phenoxy) is 3. The van der Waals surface area contributed by atoms with Gasteiger partial charge < -0.3 is 30.2 Å². The van der Waals surface area contributed by atoms with Gasteiger partial charge in [-0.2, -0.15) is 0 Å². The third-order valence-electron chi connectivity index (χ3n) is 4.11. The zero-order chi connectivity index (χ0) is 23.3. The van der Waals surface area contributed by atoms with E-state index in [1.165, 1.54) is 0 Å². The van der Waals surface area contributed by atoms with Crippen molar-refractivity contribution in [2.75, 3.05) is 38.2 Å². The summed E-state index contributed by atoms with van der Waals surface area (Å²) < 4.78 is 16.3. The lowest BCUT2D eigenvalue weighted by Crippen LogP contribution is -2.40. The summed E-state index contributed by atoms with van der Waals surface area (Å²) in [4.78, 5) is 36.3. The van der Waals surface area contributed by atoms with Crippen molar-refractivity contribution in [3.05, 3.63) is 48.0 Å². The fourth-order valence-corrected chi connectivity index (χ4v) is 2.70. The first-order valence-electron chi connectivity index (χ1n) is 10.4. The van der Waals surface area contributed by atoms with Gasteiger partial charge in [0.25, 0.3) is 5.91 Å². The second-order valence-corrected chi connectivity index (χ2v) is 6.49. The highest BCUT2D eigenvalue weighted by molar-refractivity contribution is 5.98. The molecule has 0 aliphatic heterocycles. The van der Waals surface area contributed by atoms with Gasteiger partial charge >= 0.3 is 0 Å². The van der Waals surface area contributed by atoms with Gasteiger partial charge in [-0.25, -0.2) is 0 Å². The number of anilines is 1. The van der Waals surface area contributed by atoms with E-state index in [0.717, 1.165) is 0 Å². The average molecular weight is 444 g/mol. The largest absolute Gasteiger partial charge is 0.494 e. The molecule has 0 aromatic heterocycles. The first-order valence-corrected chi connectivity index (χ1v) is 10.4. The molecule has 2 aromatic carbocycles. The van der Waals surface area contributed by atoms with Gasteiger partial charge in [-0.05, 0) is 63.2 Å². The molecule has 0 unspecified atom stereocenters. The number of rotatable bonds is 12. The van der Waals surface area contributed by atoms with Crippen molar-refractivity contribution in [1.82, 2.24) is 10.6 Å². The van der Waals surface area contributed by atoms with Gasteiger partial charge in [0.2, 0.25) is 11.8 Å². The zero-order valence-corrected chi connectivity index (χ0v) is 18.5. The molecule has 9 heteroatoms. The van der Waals surface area contributed by atoms with Crippen molar-refractivity contribution in [2.45, 2.75) is 20.8 Å². The van der Waals surface area contributed by atoms with Crippen LogP contribution in [0.5, 0.6) is 17.2 Å². The number of carbonyl (C=O) groups is 3. The summed E-state index contributed by atoms with van der Waals surface area (Å²) in [6, 6.07) is 11.7. The SMILES string of the molecule is CCOc1ccc(NC(=O)CNC(=O)CNC(=O)c2ccc(OCC)c(OCC)c2)cc1. The summed E-state index contributed by atoms with van der Waals surface area (Å²) in [5, 5.41) is 7.65. The maximum atomic E-state index is 12.4. The Bertz CT molecular complexity index is 914. The molecule has 0 radical (unpaired) electrons. The lowest BCUT2D eigenvalue weighted by molar-refractivity contribution is -0.123. The fourth-order valence-electron chi connectivity index (χ4n) is 2.70. The van der Waals surface area contributed by atoms with Crippen LogP contribution < -0.4 is 30.2 Å². The summed E-state index contributed by atoms with van der Waals surface area (Å²) in [6.07, 6.45) is 0. The predicted molar refractivity (Wildman–Crippen MR) is 120 cm³/mol. The van der Waals surface area contributed by atoms with E-state index in [1.54, 1.807) is 42.5 Å². The van der Waals surface area contributed by atoms with Gasteiger partial charge in [0.1, 0.15) is 5.75 Å². The predicted octanol–water partition coefficient (Wildman–Crippen LogP) is 2.37. The zero-order valence-electron chi connectivity index (χ0n) is 18.5. The van der Waals surface area contributed by atoms with Crippen LogP contribution >= 0.6 is 0 Å². The van der Waals surface area contributed by atoms with E-state index in [0.29, 0.717) is 48.3 Å². The highest BCUT2D eigenvalue weighted by atomic mass is 16.5. The van der Waals surface area contributed by atoms with Crippen LogP contribution in [0.3, 0.4) is 0 Å². The molecule has 2 aromatic rings. The second kappa shape index (κ2) is 12.8. The molecule has 2 rings (SSSR count). The van der Waals surface area contributed by atoms with E-state index in [2.05, 4.69) is 16.0 Å². The lowest BCUT2D eigenvalue weighted by Gasteiger charge is -2.12. The minimum absolute atomic E-state index is 0.223. The number of benzene rings is 2. The lowest BCUT2D eigenvalue weighted by atomic mass is 10.2. The Hall–Kier alpha value is -3.75. The summed E-state index contributed by atoms with van der Waals surface area (Å²) in [5.41, 5.74) is 0.916. The van der Waals surface area contributed by atoms with Crippen molar-refractivity contribution < 1.29 is 28.6 Å². The molecule has 32 heavy (non-hydrogen) atoms. The first-order chi connectivity index (χ1) is 15.5. The normalized spacial score (nSPS) is 10.1. The second-order valence-electron chi connectivity index (χ2n) is 6.49.